The van der Waals surface area contributed by atoms with E-state index in [0.29, 0.717) is 17.2 Å². The van der Waals surface area contributed by atoms with E-state index in [0.717, 1.165) is 56.7 Å². The number of piperidine rings is 1. The van der Waals surface area contributed by atoms with Gasteiger partial charge in [0.05, 0.1) is 22.8 Å². The van der Waals surface area contributed by atoms with E-state index in [4.69, 9.17) is 11.6 Å². The number of rotatable bonds is 6. The molecular weight excluding hydrogens is 286 g/mol. The van der Waals surface area contributed by atoms with Gasteiger partial charge in [-0.1, -0.05) is 25.4 Å². The molecule has 4 nitrogen and oxygen atoms in total. The van der Waals surface area contributed by atoms with Crippen LogP contribution in [0.3, 0.4) is 0 Å². The lowest BCUT2D eigenvalue weighted by molar-refractivity contribution is -0.129. The zero-order valence-electron chi connectivity index (χ0n) is 13.3. The van der Waals surface area contributed by atoms with Gasteiger partial charge in [-0.25, -0.2) is 0 Å². The van der Waals surface area contributed by atoms with E-state index >= 15 is 0 Å². The fraction of sp³-hybridized carbons (Fsp3) is 0.750. The molecule has 0 amide bonds. The van der Waals surface area contributed by atoms with Crippen molar-refractivity contribution in [3.05, 3.63) is 16.4 Å². The first-order chi connectivity index (χ1) is 10.1. The molecule has 1 aliphatic heterocycles. The summed E-state index contributed by atoms with van der Waals surface area (Å²) in [6, 6.07) is 0. The number of halogens is 1. The fourth-order valence-corrected chi connectivity index (χ4v) is 3.57. The van der Waals surface area contributed by atoms with Crippen LogP contribution in [0.15, 0.2) is 0 Å². The Morgan fingerprint density at radius 3 is 2.71 bits per heavy atom. The maximum Gasteiger partial charge on any atom is 0.146 e. The van der Waals surface area contributed by atoms with E-state index in [1.54, 1.807) is 0 Å². The highest BCUT2D eigenvalue weighted by atomic mass is 35.5. The molecule has 5 heteroatoms. The molecule has 1 saturated heterocycles. The smallest absolute Gasteiger partial charge is 0.146 e. The highest BCUT2D eigenvalue weighted by Crippen LogP contribution is 2.33. The number of carbonyl (C=O) groups is 1. The Hall–Kier alpha value is -0.870. The highest BCUT2D eigenvalue weighted by Gasteiger charge is 2.38. The van der Waals surface area contributed by atoms with Gasteiger partial charge in [0.2, 0.25) is 0 Å². The van der Waals surface area contributed by atoms with Crippen LogP contribution in [0.4, 0.5) is 0 Å². The molecule has 0 spiro atoms. The topological polar surface area (TPSA) is 46.9 Å². The fourth-order valence-electron chi connectivity index (χ4n) is 3.23. The van der Waals surface area contributed by atoms with Gasteiger partial charge in [0.25, 0.3) is 0 Å². The second-order valence-electron chi connectivity index (χ2n) is 5.89. The van der Waals surface area contributed by atoms with Gasteiger partial charge in [-0.15, -0.1) is 0 Å². The summed E-state index contributed by atoms with van der Waals surface area (Å²) in [4.78, 5) is 12.9. The number of aromatic nitrogens is 2. The van der Waals surface area contributed by atoms with Gasteiger partial charge in [-0.2, -0.15) is 5.10 Å². The molecule has 1 fully saturated rings. The quantitative estimate of drug-likeness (QED) is 0.878. The van der Waals surface area contributed by atoms with Crippen LogP contribution in [0.5, 0.6) is 0 Å². The molecule has 1 unspecified atom stereocenters. The Balaban J connectivity index is 2.24. The maximum absolute atomic E-state index is 12.9. The van der Waals surface area contributed by atoms with Crippen LogP contribution in [-0.4, -0.2) is 28.7 Å². The molecule has 1 N–H and O–H groups in total. The van der Waals surface area contributed by atoms with Crippen LogP contribution in [0.1, 0.15) is 51.4 Å². The largest absolute Gasteiger partial charge is 0.316 e. The van der Waals surface area contributed by atoms with Crippen molar-refractivity contribution in [2.24, 2.45) is 5.41 Å². The summed E-state index contributed by atoms with van der Waals surface area (Å²) in [6.07, 6.45) is 4.13. The first-order valence-electron chi connectivity index (χ1n) is 8.06. The summed E-state index contributed by atoms with van der Waals surface area (Å²) in [6.45, 7) is 8.75. The molecule has 0 bridgehead atoms. The average molecular weight is 312 g/mol. The minimum absolute atomic E-state index is 0.225. The molecular formula is C16H26ClN3O. The number of nitrogens with zero attached hydrogens (tertiary/aromatic N) is 2. The van der Waals surface area contributed by atoms with Crippen molar-refractivity contribution in [1.82, 2.24) is 15.1 Å². The number of nitrogens with one attached hydrogen (secondary N) is 1. The minimum Gasteiger partial charge on any atom is -0.316 e. The summed E-state index contributed by atoms with van der Waals surface area (Å²) in [5.74, 6) is 0.302. The first kappa shape index (κ1) is 16.5. The standard InChI is InChI=1S/C16H26ClN3O/c1-4-12-15(17)13(20(6-3)19-12)10-14(21)16(5-2)8-7-9-18-11-16/h18H,4-11H2,1-3H3. The number of aryl methyl sites for hydroxylation is 2. The predicted molar refractivity (Wildman–Crippen MR) is 85.8 cm³/mol. The van der Waals surface area contributed by atoms with Crippen molar-refractivity contribution >= 4 is 17.4 Å². The zero-order chi connectivity index (χ0) is 15.5. The summed E-state index contributed by atoms with van der Waals surface area (Å²) in [5, 5.41) is 8.57. The summed E-state index contributed by atoms with van der Waals surface area (Å²) in [5.41, 5.74) is 1.56. The molecule has 1 atom stereocenters. The zero-order valence-corrected chi connectivity index (χ0v) is 14.1. The van der Waals surface area contributed by atoms with Crippen molar-refractivity contribution in [1.29, 1.82) is 0 Å². The third-order valence-corrected chi connectivity index (χ3v) is 5.20. The average Bonchev–Trinajstić information content (AvgIpc) is 2.83. The number of carbonyl (C=O) groups excluding carboxylic acids is 1. The first-order valence-corrected chi connectivity index (χ1v) is 8.43. The lowest BCUT2D eigenvalue weighted by atomic mass is 9.73. The summed E-state index contributed by atoms with van der Waals surface area (Å²) < 4.78 is 1.89. The van der Waals surface area contributed by atoms with Crippen molar-refractivity contribution in [3.63, 3.8) is 0 Å². The Labute approximate surface area is 132 Å². The Morgan fingerprint density at radius 2 is 2.19 bits per heavy atom. The Morgan fingerprint density at radius 1 is 1.43 bits per heavy atom. The lowest BCUT2D eigenvalue weighted by Crippen LogP contribution is -2.46. The number of Topliss-reactive ketones (excluding diaryl/α,β-unsaturated/α-hetero) is 1. The molecule has 21 heavy (non-hydrogen) atoms. The number of hydrogen-bond acceptors (Lipinski definition) is 3. The third kappa shape index (κ3) is 3.16. The van der Waals surface area contributed by atoms with Crippen LogP contribution >= 0.6 is 11.6 Å². The highest BCUT2D eigenvalue weighted by molar-refractivity contribution is 6.32. The van der Waals surface area contributed by atoms with Crippen LogP contribution in [0.2, 0.25) is 5.02 Å². The van der Waals surface area contributed by atoms with E-state index in [1.165, 1.54) is 0 Å². The number of ketones is 1. The molecule has 118 valence electrons. The van der Waals surface area contributed by atoms with Gasteiger partial charge in [0.1, 0.15) is 5.78 Å². The van der Waals surface area contributed by atoms with E-state index < -0.39 is 0 Å². The van der Waals surface area contributed by atoms with Crippen LogP contribution in [-0.2, 0) is 24.2 Å². The predicted octanol–water partition coefficient (Wildman–Crippen LogP) is 3.01. The van der Waals surface area contributed by atoms with Crippen LogP contribution in [0, 0.1) is 5.41 Å². The molecule has 2 rings (SSSR count). The lowest BCUT2D eigenvalue weighted by Gasteiger charge is -2.35. The SMILES string of the molecule is CCc1nn(CC)c(CC(=O)C2(CC)CCCNC2)c1Cl. The number of hydrogen-bond donors (Lipinski definition) is 1. The molecule has 1 aromatic rings. The van der Waals surface area contributed by atoms with Crippen LogP contribution in [0.25, 0.3) is 0 Å². The van der Waals surface area contributed by atoms with Crippen molar-refractivity contribution in [3.8, 4) is 0 Å². The monoisotopic (exact) mass is 311 g/mol. The molecule has 0 saturated carbocycles. The van der Waals surface area contributed by atoms with Gasteiger partial charge < -0.3 is 5.32 Å². The van der Waals surface area contributed by atoms with Gasteiger partial charge in [0, 0.05) is 18.5 Å². The maximum atomic E-state index is 12.9. The van der Waals surface area contributed by atoms with Crippen LogP contribution < -0.4 is 5.32 Å². The normalized spacial score (nSPS) is 22.5. The van der Waals surface area contributed by atoms with Crippen molar-refractivity contribution in [2.45, 2.75) is 59.4 Å². The van der Waals surface area contributed by atoms with Gasteiger partial charge in [-0.05, 0) is 39.2 Å². The summed E-state index contributed by atoms with van der Waals surface area (Å²) >= 11 is 6.43. The van der Waals surface area contributed by atoms with E-state index in [1.807, 2.05) is 18.5 Å². The molecule has 0 aromatic carbocycles. The minimum atomic E-state index is -0.225. The second-order valence-corrected chi connectivity index (χ2v) is 6.27. The van der Waals surface area contributed by atoms with Gasteiger partial charge in [0.15, 0.2) is 0 Å². The molecule has 0 radical (unpaired) electrons. The van der Waals surface area contributed by atoms with Gasteiger partial charge in [-0.3, -0.25) is 9.48 Å². The summed E-state index contributed by atoms with van der Waals surface area (Å²) in [7, 11) is 0. The Bertz CT molecular complexity index is 504. The van der Waals surface area contributed by atoms with Gasteiger partial charge >= 0.3 is 0 Å². The Kier molecular flexibility index (Phi) is 5.44. The third-order valence-electron chi connectivity index (χ3n) is 4.76. The molecule has 1 aromatic heterocycles. The molecule has 2 heterocycles. The van der Waals surface area contributed by atoms with Crippen molar-refractivity contribution in [2.75, 3.05) is 13.1 Å². The van der Waals surface area contributed by atoms with E-state index in [2.05, 4.69) is 17.3 Å². The molecule has 0 aliphatic carbocycles. The van der Waals surface area contributed by atoms with Crippen molar-refractivity contribution < 1.29 is 4.79 Å². The van der Waals surface area contributed by atoms with E-state index in [9.17, 15) is 4.79 Å². The second kappa shape index (κ2) is 6.93. The molecule has 1 aliphatic rings. The van der Waals surface area contributed by atoms with E-state index in [-0.39, 0.29) is 5.41 Å².